The summed E-state index contributed by atoms with van der Waals surface area (Å²) in [6.45, 7) is 6.40. The second-order valence-electron chi connectivity index (χ2n) is 7.66. The molecule has 1 aromatic rings. The van der Waals surface area contributed by atoms with Gasteiger partial charge >= 0.3 is 0 Å². The molecule has 0 aromatic heterocycles. The maximum atomic E-state index is 12.3. The third-order valence-electron chi connectivity index (χ3n) is 5.74. The minimum absolute atomic E-state index is 0.118. The SMILES string of the molecule is CCOc1ccccc1CN1CCN(CC2CC2)[C@@H]2CS(=O)(=O)C[C@@H]21. The Kier molecular flexibility index (Phi) is 4.77. The van der Waals surface area contributed by atoms with Gasteiger partial charge in [0.15, 0.2) is 9.84 Å². The van der Waals surface area contributed by atoms with Crippen LogP contribution in [0.15, 0.2) is 24.3 Å². The number of ether oxygens (including phenoxy) is 1. The molecule has 1 aliphatic carbocycles. The largest absolute Gasteiger partial charge is 0.494 e. The number of hydrogen-bond acceptors (Lipinski definition) is 5. The van der Waals surface area contributed by atoms with Crippen molar-refractivity contribution in [2.24, 2.45) is 5.92 Å². The summed E-state index contributed by atoms with van der Waals surface area (Å²) in [5, 5.41) is 0. The van der Waals surface area contributed by atoms with E-state index in [0.717, 1.165) is 43.4 Å². The van der Waals surface area contributed by atoms with E-state index in [-0.39, 0.29) is 12.1 Å². The zero-order chi connectivity index (χ0) is 17.4. The maximum Gasteiger partial charge on any atom is 0.153 e. The minimum Gasteiger partial charge on any atom is -0.494 e. The van der Waals surface area contributed by atoms with Gasteiger partial charge in [0.05, 0.1) is 18.1 Å². The van der Waals surface area contributed by atoms with Crippen LogP contribution >= 0.6 is 0 Å². The predicted molar refractivity (Wildman–Crippen MR) is 98.5 cm³/mol. The van der Waals surface area contributed by atoms with Crippen molar-refractivity contribution in [2.75, 3.05) is 37.7 Å². The summed E-state index contributed by atoms with van der Waals surface area (Å²) >= 11 is 0. The van der Waals surface area contributed by atoms with E-state index in [9.17, 15) is 8.42 Å². The van der Waals surface area contributed by atoms with Crippen LogP contribution in [0, 0.1) is 5.92 Å². The molecule has 0 unspecified atom stereocenters. The average Bonchev–Trinajstić information content (AvgIpc) is 3.32. The summed E-state index contributed by atoms with van der Waals surface area (Å²) in [6, 6.07) is 8.41. The number of nitrogens with zero attached hydrogens (tertiary/aromatic N) is 2. The van der Waals surface area contributed by atoms with Crippen LogP contribution in [0.2, 0.25) is 0 Å². The van der Waals surface area contributed by atoms with Crippen molar-refractivity contribution in [3.05, 3.63) is 29.8 Å². The van der Waals surface area contributed by atoms with Crippen LogP contribution in [-0.2, 0) is 16.4 Å². The molecule has 2 aliphatic heterocycles. The molecule has 3 aliphatic rings. The topological polar surface area (TPSA) is 49.9 Å². The van der Waals surface area contributed by atoms with Crippen LogP contribution in [0.4, 0.5) is 0 Å². The molecule has 25 heavy (non-hydrogen) atoms. The molecular formula is C19H28N2O3S. The third kappa shape index (κ3) is 3.86. The first-order valence-corrected chi connectivity index (χ1v) is 11.3. The first kappa shape index (κ1) is 17.3. The molecule has 2 saturated heterocycles. The Morgan fingerprint density at radius 3 is 2.48 bits per heavy atom. The third-order valence-corrected chi connectivity index (χ3v) is 7.44. The number of piperazine rings is 1. The normalized spacial score (nSPS) is 29.5. The van der Waals surface area contributed by atoms with E-state index in [0.29, 0.717) is 18.1 Å². The van der Waals surface area contributed by atoms with Crippen molar-refractivity contribution >= 4 is 9.84 Å². The Balaban J connectivity index is 1.52. The Morgan fingerprint density at radius 2 is 1.76 bits per heavy atom. The van der Waals surface area contributed by atoms with Gasteiger partial charge in [-0.3, -0.25) is 9.80 Å². The molecule has 2 heterocycles. The molecule has 1 aromatic carbocycles. The summed E-state index contributed by atoms with van der Waals surface area (Å²) in [5.41, 5.74) is 1.16. The zero-order valence-electron chi connectivity index (χ0n) is 14.9. The van der Waals surface area contributed by atoms with Gasteiger partial charge in [-0.2, -0.15) is 0 Å². The van der Waals surface area contributed by atoms with Crippen LogP contribution < -0.4 is 4.74 Å². The van der Waals surface area contributed by atoms with Gasteiger partial charge in [0.2, 0.25) is 0 Å². The lowest BCUT2D eigenvalue weighted by atomic mass is 10.0. The maximum absolute atomic E-state index is 12.3. The second kappa shape index (κ2) is 6.89. The summed E-state index contributed by atoms with van der Waals surface area (Å²) in [6.07, 6.45) is 2.62. The van der Waals surface area contributed by atoms with Crippen LogP contribution in [0.1, 0.15) is 25.3 Å². The van der Waals surface area contributed by atoms with Crippen LogP contribution in [0.5, 0.6) is 5.75 Å². The Labute approximate surface area is 150 Å². The fourth-order valence-corrected chi connectivity index (χ4v) is 6.34. The highest BCUT2D eigenvalue weighted by Gasteiger charge is 2.47. The highest BCUT2D eigenvalue weighted by molar-refractivity contribution is 7.91. The molecule has 0 bridgehead atoms. The minimum atomic E-state index is -2.94. The number of benzene rings is 1. The highest BCUT2D eigenvalue weighted by Crippen LogP contribution is 2.35. The molecule has 138 valence electrons. The lowest BCUT2D eigenvalue weighted by molar-refractivity contribution is 0.0371. The molecule has 0 radical (unpaired) electrons. The van der Waals surface area contributed by atoms with Crippen molar-refractivity contribution in [1.29, 1.82) is 0 Å². The zero-order valence-corrected chi connectivity index (χ0v) is 15.7. The van der Waals surface area contributed by atoms with Crippen molar-refractivity contribution in [2.45, 2.75) is 38.4 Å². The number of sulfone groups is 1. The van der Waals surface area contributed by atoms with Crippen LogP contribution in [-0.4, -0.2) is 68.0 Å². The predicted octanol–water partition coefficient (Wildman–Crippen LogP) is 1.78. The Bertz CT molecular complexity index is 717. The monoisotopic (exact) mass is 364 g/mol. The summed E-state index contributed by atoms with van der Waals surface area (Å²) < 4.78 is 30.4. The highest BCUT2D eigenvalue weighted by atomic mass is 32.2. The van der Waals surface area contributed by atoms with Crippen molar-refractivity contribution in [1.82, 2.24) is 9.80 Å². The molecule has 4 rings (SSSR count). The van der Waals surface area contributed by atoms with E-state index in [2.05, 4.69) is 15.9 Å². The first-order chi connectivity index (χ1) is 12.1. The smallest absolute Gasteiger partial charge is 0.153 e. The van der Waals surface area contributed by atoms with Crippen molar-refractivity contribution in [3.63, 3.8) is 0 Å². The van der Waals surface area contributed by atoms with Gasteiger partial charge in [-0.1, -0.05) is 18.2 Å². The number of fused-ring (bicyclic) bond motifs is 1. The molecule has 0 amide bonds. The van der Waals surface area contributed by atoms with E-state index < -0.39 is 9.84 Å². The fourth-order valence-electron chi connectivity index (χ4n) is 4.30. The van der Waals surface area contributed by atoms with E-state index in [1.807, 2.05) is 25.1 Å². The first-order valence-electron chi connectivity index (χ1n) is 9.45. The molecule has 2 atom stereocenters. The van der Waals surface area contributed by atoms with Gasteiger partial charge in [0.1, 0.15) is 5.75 Å². The summed E-state index contributed by atoms with van der Waals surface area (Å²) in [5.74, 6) is 2.35. The lowest BCUT2D eigenvalue weighted by Gasteiger charge is -2.44. The van der Waals surface area contributed by atoms with Crippen molar-refractivity contribution < 1.29 is 13.2 Å². The Hall–Kier alpha value is -1.11. The quantitative estimate of drug-likeness (QED) is 0.770. The molecule has 1 saturated carbocycles. The lowest BCUT2D eigenvalue weighted by Crippen LogP contribution is -2.59. The van der Waals surface area contributed by atoms with Gasteiger partial charge < -0.3 is 4.74 Å². The summed E-state index contributed by atoms with van der Waals surface area (Å²) in [4.78, 5) is 4.83. The standard InChI is InChI=1S/C19H28N2O3S/c1-2-24-19-6-4-3-5-16(19)12-21-10-9-20(11-15-7-8-15)17-13-25(22,23)14-18(17)21/h3-6,15,17-18H,2,7-14H2,1H3/t17-,18+/m1/s1. The molecule has 0 N–H and O–H groups in total. The van der Waals surface area contributed by atoms with Crippen molar-refractivity contribution in [3.8, 4) is 5.75 Å². The van der Waals surface area contributed by atoms with Gasteiger partial charge in [-0.15, -0.1) is 0 Å². The van der Waals surface area contributed by atoms with E-state index in [1.165, 1.54) is 12.8 Å². The van der Waals surface area contributed by atoms with Gasteiger partial charge in [0, 0.05) is 43.8 Å². The fraction of sp³-hybridized carbons (Fsp3) is 0.684. The molecule has 0 spiro atoms. The van der Waals surface area contributed by atoms with Gasteiger partial charge in [-0.25, -0.2) is 8.42 Å². The molecule has 3 fully saturated rings. The molecule has 5 nitrogen and oxygen atoms in total. The van der Waals surface area contributed by atoms with Crippen LogP contribution in [0.25, 0.3) is 0 Å². The van der Waals surface area contributed by atoms with Gasteiger partial charge in [-0.05, 0) is 31.7 Å². The second-order valence-corrected chi connectivity index (χ2v) is 9.81. The number of hydrogen-bond donors (Lipinski definition) is 0. The molecular weight excluding hydrogens is 336 g/mol. The van der Waals surface area contributed by atoms with Gasteiger partial charge in [0.25, 0.3) is 0 Å². The van der Waals surface area contributed by atoms with E-state index >= 15 is 0 Å². The van der Waals surface area contributed by atoms with E-state index in [4.69, 9.17) is 4.74 Å². The summed E-state index contributed by atoms with van der Waals surface area (Å²) in [7, 11) is -2.94. The van der Waals surface area contributed by atoms with Crippen LogP contribution in [0.3, 0.4) is 0 Å². The average molecular weight is 365 g/mol. The number of para-hydroxylation sites is 1. The number of rotatable bonds is 6. The van der Waals surface area contributed by atoms with E-state index in [1.54, 1.807) is 0 Å². The Morgan fingerprint density at radius 1 is 1.08 bits per heavy atom. The molecule has 6 heteroatoms.